The summed E-state index contributed by atoms with van der Waals surface area (Å²) in [5.41, 5.74) is 2.48. The quantitative estimate of drug-likeness (QED) is 0.481. The maximum atomic E-state index is 12.6. The second-order valence-corrected chi connectivity index (χ2v) is 6.63. The Labute approximate surface area is 133 Å². The van der Waals surface area contributed by atoms with E-state index in [9.17, 15) is 9.90 Å². The van der Waals surface area contributed by atoms with Crippen molar-refractivity contribution in [1.82, 2.24) is 0 Å². The van der Waals surface area contributed by atoms with E-state index in [1.165, 1.54) is 6.07 Å². The van der Waals surface area contributed by atoms with Crippen LogP contribution in [0.2, 0.25) is 0 Å². The van der Waals surface area contributed by atoms with Crippen LogP contribution in [0.25, 0.3) is 27.3 Å². The molecule has 0 spiro atoms. The van der Waals surface area contributed by atoms with Crippen molar-refractivity contribution < 1.29 is 9.52 Å². The lowest BCUT2D eigenvalue weighted by Gasteiger charge is -2.31. The minimum atomic E-state index is -0.430. The summed E-state index contributed by atoms with van der Waals surface area (Å²) < 4.78 is 5.41. The van der Waals surface area contributed by atoms with E-state index in [1.807, 2.05) is 25.1 Å². The minimum Gasteiger partial charge on any atom is -0.504 e. The molecule has 2 heterocycles. The van der Waals surface area contributed by atoms with Crippen LogP contribution in [0.5, 0.6) is 5.75 Å². The number of anilines is 1. The number of fused-ring (bicyclic) bond motifs is 5. The third-order valence-electron chi connectivity index (χ3n) is 4.32. The van der Waals surface area contributed by atoms with Gasteiger partial charge in [0, 0.05) is 22.0 Å². The molecule has 3 aromatic rings. The van der Waals surface area contributed by atoms with Gasteiger partial charge >= 0.3 is 5.63 Å². The van der Waals surface area contributed by atoms with Gasteiger partial charge in [0.25, 0.3) is 0 Å². The third-order valence-corrected chi connectivity index (χ3v) is 4.32. The minimum absolute atomic E-state index is 0.0225. The molecular formula is C19H17NO3. The van der Waals surface area contributed by atoms with Gasteiger partial charge in [0.05, 0.1) is 10.9 Å². The molecule has 1 aromatic heterocycles. The first-order chi connectivity index (χ1) is 10.9. The standard InChI is InChI=1S/C19H17NO3/c1-10-9-19(2,3)20-13-8-7-11-12-5-4-6-14(21)17(12)23-18(22)16(11)15(10)13/h4-9,20-21H,1-3H3. The van der Waals surface area contributed by atoms with Crippen LogP contribution in [-0.2, 0) is 0 Å². The maximum absolute atomic E-state index is 12.6. The first-order valence-electron chi connectivity index (χ1n) is 7.57. The van der Waals surface area contributed by atoms with Crippen molar-refractivity contribution >= 4 is 33.0 Å². The van der Waals surface area contributed by atoms with Gasteiger partial charge in [0.2, 0.25) is 0 Å². The second-order valence-electron chi connectivity index (χ2n) is 6.63. The predicted molar refractivity (Wildman–Crippen MR) is 93.0 cm³/mol. The number of phenols is 1. The number of aromatic hydroxyl groups is 1. The zero-order chi connectivity index (χ0) is 16.4. The van der Waals surface area contributed by atoms with Crippen LogP contribution in [0.1, 0.15) is 26.3 Å². The normalized spacial score (nSPS) is 16.0. The summed E-state index contributed by atoms with van der Waals surface area (Å²) in [7, 11) is 0. The summed E-state index contributed by atoms with van der Waals surface area (Å²) in [5, 5.41) is 15.5. The summed E-state index contributed by atoms with van der Waals surface area (Å²) >= 11 is 0. The van der Waals surface area contributed by atoms with E-state index in [1.54, 1.807) is 6.07 Å². The number of benzene rings is 2. The third kappa shape index (κ3) is 1.95. The van der Waals surface area contributed by atoms with Crippen LogP contribution < -0.4 is 10.9 Å². The van der Waals surface area contributed by atoms with E-state index in [4.69, 9.17) is 4.42 Å². The molecule has 0 aliphatic carbocycles. The van der Waals surface area contributed by atoms with Crippen molar-refractivity contribution in [2.24, 2.45) is 0 Å². The second kappa shape index (κ2) is 4.38. The molecule has 0 unspecified atom stereocenters. The molecule has 2 N–H and O–H groups in total. The van der Waals surface area contributed by atoms with E-state index >= 15 is 0 Å². The van der Waals surface area contributed by atoms with Gasteiger partial charge in [-0.05, 0) is 38.5 Å². The number of phenolic OH excluding ortho intramolecular Hbond substituents is 1. The molecule has 23 heavy (non-hydrogen) atoms. The molecule has 4 nitrogen and oxygen atoms in total. The Hall–Kier alpha value is -2.75. The van der Waals surface area contributed by atoms with Gasteiger partial charge < -0.3 is 14.8 Å². The fourth-order valence-corrected chi connectivity index (χ4v) is 3.54. The lowest BCUT2D eigenvalue weighted by molar-refractivity contribution is 0.458. The van der Waals surface area contributed by atoms with Crippen LogP contribution in [-0.4, -0.2) is 10.6 Å². The lowest BCUT2D eigenvalue weighted by Crippen LogP contribution is -2.31. The molecule has 1 aliphatic heterocycles. The Morgan fingerprint density at radius 2 is 1.91 bits per heavy atom. The summed E-state index contributed by atoms with van der Waals surface area (Å²) in [6.45, 7) is 6.18. The van der Waals surface area contributed by atoms with Gasteiger partial charge in [0.1, 0.15) is 0 Å². The summed E-state index contributed by atoms with van der Waals surface area (Å²) in [5.74, 6) is -0.0225. The average Bonchev–Trinajstić information content (AvgIpc) is 2.46. The van der Waals surface area contributed by atoms with Crippen LogP contribution in [0.4, 0.5) is 5.69 Å². The zero-order valence-corrected chi connectivity index (χ0v) is 13.2. The highest BCUT2D eigenvalue weighted by atomic mass is 16.4. The van der Waals surface area contributed by atoms with E-state index < -0.39 is 5.63 Å². The van der Waals surface area contributed by atoms with Gasteiger partial charge in [-0.25, -0.2) is 4.79 Å². The van der Waals surface area contributed by atoms with Gasteiger partial charge in [-0.2, -0.15) is 0 Å². The van der Waals surface area contributed by atoms with Crippen molar-refractivity contribution in [2.45, 2.75) is 26.3 Å². The predicted octanol–water partition coefficient (Wildman–Crippen LogP) is 4.26. The highest BCUT2D eigenvalue weighted by Gasteiger charge is 2.26. The lowest BCUT2D eigenvalue weighted by atomic mass is 9.88. The van der Waals surface area contributed by atoms with Gasteiger partial charge in [0.15, 0.2) is 11.3 Å². The Balaban J connectivity index is 2.21. The van der Waals surface area contributed by atoms with Crippen molar-refractivity contribution in [3.05, 3.63) is 52.4 Å². The molecule has 4 heteroatoms. The number of para-hydroxylation sites is 1. The van der Waals surface area contributed by atoms with Crippen molar-refractivity contribution in [3.63, 3.8) is 0 Å². The number of hydrogen-bond donors (Lipinski definition) is 2. The van der Waals surface area contributed by atoms with Crippen LogP contribution in [0, 0.1) is 0 Å². The maximum Gasteiger partial charge on any atom is 0.345 e. The smallest absolute Gasteiger partial charge is 0.345 e. The van der Waals surface area contributed by atoms with E-state index in [2.05, 4.69) is 25.2 Å². The van der Waals surface area contributed by atoms with E-state index in [0.29, 0.717) is 5.39 Å². The first kappa shape index (κ1) is 13.9. The van der Waals surface area contributed by atoms with Crippen molar-refractivity contribution in [1.29, 1.82) is 0 Å². The monoisotopic (exact) mass is 307 g/mol. The Kier molecular flexibility index (Phi) is 2.64. The SMILES string of the molecule is CC1=CC(C)(C)Nc2ccc3c(c21)c(=O)oc1c(O)cccc13. The summed E-state index contributed by atoms with van der Waals surface area (Å²) in [6.07, 6.45) is 2.11. The Morgan fingerprint density at radius 1 is 1.13 bits per heavy atom. The molecule has 116 valence electrons. The van der Waals surface area contributed by atoms with Crippen LogP contribution >= 0.6 is 0 Å². The van der Waals surface area contributed by atoms with Crippen molar-refractivity contribution in [2.75, 3.05) is 5.32 Å². The highest BCUT2D eigenvalue weighted by molar-refractivity contribution is 6.11. The molecule has 0 bridgehead atoms. The number of allylic oxidation sites excluding steroid dienone is 1. The van der Waals surface area contributed by atoms with E-state index in [0.717, 1.165) is 27.6 Å². The fraction of sp³-hybridized carbons (Fsp3) is 0.211. The van der Waals surface area contributed by atoms with E-state index in [-0.39, 0.29) is 16.9 Å². The fourth-order valence-electron chi connectivity index (χ4n) is 3.54. The molecular weight excluding hydrogens is 290 g/mol. The Morgan fingerprint density at radius 3 is 2.70 bits per heavy atom. The topological polar surface area (TPSA) is 62.5 Å². The van der Waals surface area contributed by atoms with Gasteiger partial charge in [-0.1, -0.05) is 24.3 Å². The summed E-state index contributed by atoms with van der Waals surface area (Å²) in [4.78, 5) is 12.6. The van der Waals surface area contributed by atoms with Crippen molar-refractivity contribution in [3.8, 4) is 5.75 Å². The molecule has 0 fully saturated rings. The largest absolute Gasteiger partial charge is 0.504 e. The van der Waals surface area contributed by atoms with Gasteiger partial charge in [-0.3, -0.25) is 0 Å². The number of nitrogens with one attached hydrogen (secondary N) is 1. The Bertz CT molecular complexity index is 1060. The number of rotatable bonds is 0. The average molecular weight is 307 g/mol. The molecule has 1 aliphatic rings. The molecule has 2 aromatic carbocycles. The molecule has 0 radical (unpaired) electrons. The molecule has 0 saturated heterocycles. The zero-order valence-electron chi connectivity index (χ0n) is 13.2. The highest BCUT2D eigenvalue weighted by Crippen LogP contribution is 2.39. The van der Waals surface area contributed by atoms with Gasteiger partial charge in [-0.15, -0.1) is 0 Å². The molecule has 0 atom stereocenters. The first-order valence-corrected chi connectivity index (χ1v) is 7.57. The molecule has 0 amide bonds. The summed E-state index contributed by atoms with van der Waals surface area (Å²) in [6, 6.07) is 9.02. The van der Waals surface area contributed by atoms with Crippen LogP contribution in [0.15, 0.2) is 45.6 Å². The van der Waals surface area contributed by atoms with Crippen LogP contribution in [0.3, 0.4) is 0 Å². The molecule has 4 rings (SSSR count). The molecule has 0 saturated carbocycles. The number of hydrogen-bond acceptors (Lipinski definition) is 4.